The number of hydrogen-bond acceptors (Lipinski definition) is 9. The minimum atomic E-state index is -1.08. The molecule has 1 saturated heterocycles. The van der Waals surface area contributed by atoms with Gasteiger partial charge in [-0.15, -0.1) is 0 Å². The first kappa shape index (κ1) is 24.0. The molecule has 0 saturated carbocycles. The van der Waals surface area contributed by atoms with E-state index in [1.165, 1.54) is 6.26 Å². The Morgan fingerprint density at radius 3 is 2.66 bits per heavy atom. The molecule has 0 radical (unpaired) electrons. The molecule has 1 fully saturated rings. The molecule has 1 aromatic carbocycles. The lowest BCUT2D eigenvalue weighted by molar-refractivity contribution is -0.132. The molecule has 1 aliphatic rings. The number of Topliss-reactive ketones (excluding diaryl/α,β-unsaturated/α-hetero) is 1. The van der Waals surface area contributed by atoms with Crippen LogP contribution in [-0.4, -0.2) is 41.0 Å². The molecular formula is C25H22N2O7S. The number of aliphatic hydroxyl groups is 1. The van der Waals surface area contributed by atoms with Crippen LogP contribution < -0.4 is 9.64 Å². The van der Waals surface area contributed by atoms with Gasteiger partial charge in [-0.05, 0) is 50.2 Å². The molecule has 0 bridgehead atoms. The van der Waals surface area contributed by atoms with E-state index >= 15 is 0 Å². The standard InChI is InChI=1S/C25H22N2O7S/c1-4-12-33-16-10-8-15(9-11-16)20(28)18-19(17-7-6-13-34-17)27(23(30)21(18)29)25-26-14(3)22(35-25)24(31)32-5-2/h4,6-11,13,19,28H,1,5,12H2,2-3H3/b20-18-. The molecule has 35 heavy (non-hydrogen) atoms. The summed E-state index contributed by atoms with van der Waals surface area (Å²) in [4.78, 5) is 44.3. The number of ketones is 1. The normalized spacial score (nSPS) is 17.0. The smallest absolute Gasteiger partial charge is 0.350 e. The second-order valence-electron chi connectivity index (χ2n) is 7.44. The maximum absolute atomic E-state index is 13.2. The highest BCUT2D eigenvalue weighted by atomic mass is 32.1. The number of amides is 1. The number of nitrogens with zero attached hydrogens (tertiary/aromatic N) is 2. The summed E-state index contributed by atoms with van der Waals surface area (Å²) in [5, 5.41) is 11.2. The third kappa shape index (κ3) is 4.47. The molecule has 3 heterocycles. The fraction of sp³-hybridized carbons (Fsp3) is 0.200. The maximum Gasteiger partial charge on any atom is 0.350 e. The third-order valence-electron chi connectivity index (χ3n) is 5.20. The number of anilines is 1. The molecule has 10 heteroatoms. The minimum Gasteiger partial charge on any atom is -0.507 e. The predicted molar refractivity (Wildman–Crippen MR) is 128 cm³/mol. The van der Waals surface area contributed by atoms with Gasteiger partial charge in [-0.3, -0.25) is 14.5 Å². The largest absolute Gasteiger partial charge is 0.507 e. The zero-order chi connectivity index (χ0) is 25.1. The van der Waals surface area contributed by atoms with Gasteiger partial charge in [0.05, 0.1) is 24.1 Å². The molecule has 1 aliphatic heterocycles. The van der Waals surface area contributed by atoms with E-state index in [9.17, 15) is 19.5 Å². The van der Waals surface area contributed by atoms with Crippen LogP contribution in [0.3, 0.4) is 0 Å². The number of hydrogen-bond donors (Lipinski definition) is 1. The van der Waals surface area contributed by atoms with Crippen LogP contribution in [0.25, 0.3) is 5.76 Å². The van der Waals surface area contributed by atoms with Crippen molar-refractivity contribution in [3.05, 3.63) is 82.8 Å². The Morgan fingerprint density at radius 1 is 1.29 bits per heavy atom. The van der Waals surface area contributed by atoms with E-state index in [1.54, 1.807) is 56.3 Å². The van der Waals surface area contributed by atoms with E-state index in [-0.39, 0.29) is 33.7 Å². The quantitative estimate of drug-likeness (QED) is 0.161. The average molecular weight is 495 g/mol. The summed E-state index contributed by atoms with van der Waals surface area (Å²) >= 11 is 0.927. The van der Waals surface area contributed by atoms with Crippen LogP contribution in [0.1, 0.15) is 39.7 Å². The number of furan rings is 1. The van der Waals surface area contributed by atoms with Gasteiger partial charge in [-0.1, -0.05) is 24.0 Å². The first-order valence-corrected chi connectivity index (χ1v) is 11.5. The van der Waals surface area contributed by atoms with E-state index in [1.807, 2.05) is 0 Å². The lowest BCUT2D eigenvalue weighted by Crippen LogP contribution is -2.29. The molecule has 1 amide bonds. The highest BCUT2D eigenvalue weighted by Crippen LogP contribution is 2.44. The Bertz CT molecular complexity index is 1310. The Morgan fingerprint density at radius 2 is 2.03 bits per heavy atom. The number of thiazole rings is 1. The summed E-state index contributed by atoms with van der Waals surface area (Å²) in [7, 11) is 0. The number of esters is 1. The van der Waals surface area contributed by atoms with Crippen LogP contribution in [0.2, 0.25) is 0 Å². The summed E-state index contributed by atoms with van der Waals surface area (Å²) in [6.45, 7) is 7.39. The highest BCUT2D eigenvalue weighted by molar-refractivity contribution is 7.17. The van der Waals surface area contributed by atoms with Gasteiger partial charge in [0.25, 0.3) is 5.78 Å². The van der Waals surface area contributed by atoms with Crippen LogP contribution in [0.15, 0.2) is 65.3 Å². The Balaban J connectivity index is 1.80. The number of carbonyl (C=O) groups excluding carboxylic acids is 3. The van der Waals surface area contributed by atoms with Gasteiger partial charge in [0, 0.05) is 5.56 Å². The molecule has 1 unspecified atom stereocenters. The fourth-order valence-electron chi connectivity index (χ4n) is 3.64. The number of carbonyl (C=O) groups is 3. The summed E-state index contributed by atoms with van der Waals surface area (Å²) in [5.74, 6) is -1.94. The first-order valence-electron chi connectivity index (χ1n) is 10.7. The minimum absolute atomic E-state index is 0.112. The zero-order valence-electron chi connectivity index (χ0n) is 19.0. The van der Waals surface area contributed by atoms with Crippen LogP contribution in [0.5, 0.6) is 5.75 Å². The van der Waals surface area contributed by atoms with Crippen molar-refractivity contribution in [3.8, 4) is 5.75 Å². The number of aliphatic hydroxyl groups excluding tert-OH is 1. The van der Waals surface area contributed by atoms with Gasteiger partial charge in [-0.2, -0.15) is 0 Å². The average Bonchev–Trinajstić information content (AvgIpc) is 3.57. The van der Waals surface area contributed by atoms with Crippen molar-refractivity contribution in [3.63, 3.8) is 0 Å². The van der Waals surface area contributed by atoms with E-state index < -0.39 is 23.7 Å². The van der Waals surface area contributed by atoms with Gasteiger partial charge >= 0.3 is 11.9 Å². The molecule has 9 nitrogen and oxygen atoms in total. The fourth-order valence-corrected chi connectivity index (χ4v) is 4.62. The van der Waals surface area contributed by atoms with E-state index in [0.29, 0.717) is 23.6 Å². The lowest BCUT2D eigenvalue weighted by atomic mass is 9.99. The SMILES string of the molecule is C=CCOc1ccc(/C(O)=C2/C(=O)C(=O)N(c3nc(C)c(C(=O)OCC)s3)C2c2ccco2)cc1. The Kier molecular flexibility index (Phi) is 6.83. The van der Waals surface area contributed by atoms with Gasteiger partial charge in [0.15, 0.2) is 5.13 Å². The zero-order valence-corrected chi connectivity index (χ0v) is 19.8. The van der Waals surface area contributed by atoms with Gasteiger partial charge in [-0.25, -0.2) is 9.78 Å². The second kappa shape index (κ2) is 9.98. The number of aryl methyl sites for hydroxylation is 1. The van der Waals surface area contributed by atoms with E-state index in [4.69, 9.17) is 13.9 Å². The first-order chi connectivity index (χ1) is 16.9. The monoisotopic (exact) mass is 494 g/mol. The highest BCUT2D eigenvalue weighted by Gasteiger charge is 2.49. The summed E-state index contributed by atoms with van der Waals surface area (Å²) in [5.41, 5.74) is 0.516. The summed E-state index contributed by atoms with van der Waals surface area (Å²) < 4.78 is 16.0. The van der Waals surface area contributed by atoms with Crippen LogP contribution in [0.4, 0.5) is 5.13 Å². The Hall–Kier alpha value is -4.18. The molecule has 0 aliphatic carbocycles. The van der Waals surface area contributed by atoms with Crippen molar-refractivity contribution in [2.45, 2.75) is 19.9 Å². The van der Waals surface area contributed by atoms with Crippen molar-refractivity contribution < 1.29 is 33.4 Å². The number of ether oxygens (including phenoxy) is 2. The molecule has 1 atom stereocenters. The molecule has 2 aromatic heterocycles. The van der Waals surface area contributed by atoms with Crippen molar-refractivity contribution in [1.82, 2.24) is 4.98 Å². The van der Waals surface area contributed by atoms with Crippen molar-refractivity contribution in [1.29, 1.82) is 0 Å². The van der Waals surface area contributed by atoms with Crippen molar-refractivity contribution >= 4 is 39.9 Å². The maximum atomic E-state index is 13.2. The molecule has 3 aromatic rings. The van der Waals surface area contributed by atoms with Crippen LogP contribution in [-0.2, 0) is 14.3 Å². The topological polar surface area (TPSA) is 119 Å². The number of aromatic nitrogens is 1. The molecule has 180 valence electrons. The van der Waals surface area contributed by atoms with Gasteiger partial charge in [0.2, 0.25) is 0 Å². The summed E-state index contributed by atoms with van der Waals surface area (Å²) in [6.07, 6.45) is 3.00. The molecule has 4 rings (SSSR count). The number of rotatable bonds is 8. The predicted octanol–water partition coefficient (Wildman–Crippen LogP) is 4.41. The second-order valence-corrected chi connectivity index (χ2v) is 8.42. The van der Waals surface area contributed by atoms with Gasteiger partial charge in [0.1, 0.15) is 34.8 Å². The Labute approximate surface area is 204 Å². The summed E-state index contributed by atoms with van der Waals surface area (Å²) in [6, 6.07) is 8.54. The third-order valence-corrected chi connectivity index (χ3v) is 6.34. The van der Waals surface area contributed by atoms with Crippen LogP contribution >= 0.6 is 11.3 Å². The van der Waals surface area contributed by atoms with E-state index in [0.717, 1.165) is 16.2 Å². The molecule has 1 N–H and O–H groups in total. The van der Waals surface area contributed by atoms with Crippen molar-refractivity contribution in [2.24, 2.45) is 0 Å². The van der Waals surface area contributed by atoms with E-state index in [2.05, 4.69) is 11.6 Å². The van der Waals surface area contributed by atoms with Crippen molar-refractivity contribution in [2.75, 3.05) is 18.1 Å². The lowest BCUT2D eigenvalue weighted by Gasteiger charge is -2.20. The molecule has 0 spiro atoms. The van der Waals surface area contributed by atoms with Gasteiger partial charge < -0.3 is 19.0 Å². The van der Waals surface area contributed by atoms with Crippen LogP contribution in [0, 0.1) is 6.92 Å². The number of benzene rings is 1. The molecular weight excluding hydrogens is 472 g/mol.